The average molecular weight is 557 g/mol. The lowest BCUT2D eigenvalue weighted by molar-refractivity contribution is 0.459. The molecule has 8 aromatic rings. The molecule has 0 bridgehead atoms. The molecule has 200 valence electrons. The van der Waals surface area contributed by atoms with Crippen molar-refractivity contribution in [2.75, 3.05) is 0 Å². The van der Waals surface area contributed by atoms with Crippen molar-refractivity contribution in [2.45, 2.75) is 6.92 Å². The summed E-state index contributed by atoms with van der Waals surface area (Å²) in [5, 5.41) is 7.61. The summed E-state index contributed by atoms with van der Waals surface area (Å²) in [6.07, 6.45) is 0. The van der Waals surface area contributed by atoms with Crippen molar-refractivity contribution in [3.05, 3.63) is 115 Å². The van der Waals surface area contributed by atoms with E-state index < -0.39 is 0 Å². The van der Waals surface area contributed by atoms with Crippen molar-refractivity contribution in [1.29, 1.82) is 0 Å². The quantitative estimate of drug-likeness (QED) is 0.238. The summed E-state index contributed by atoms with van der Waals surface area (Å²) in [4.78, 5) is 0. The molecule has 0 atom stereocenters. The molecule has 0 saturated carbocycles. The molecule has 0 spiro atoms. The monoisotopic (exact) mass is 557 g/mol. The third kappa shape index (κ3) is 2.28. The van der Waals surface area contributed by atoms with E-state index in [1.807, 2.05) is 0 Å². The van der Waals surface area contributed by atoms with E-state index in [4.69, 9.17) is 9.47 Å². The van der Waals surface area contributed by atoms with Gasteiger partial charge in [0.25, 0.3) is 13.4 Å². The van der Waals surface area contributed by atoms with Gasteiger partial charge in [-0.15, -0.1) is 0 Å². The van der Waals surface area contributed by atoms with Crippen LogP contribution in [0.15, 0.2) is 109 Å². The molecule has 0 amide bonds. The summed E-state index contributed by atoms with van der Waals surface area (Å²) in [6.45, 7) is 2.29. The predicted octanol–water partition coefficient (Wildman–Crippen LogP) is 5.27. The van der Waals surface area contributed by atoms with Gasteiger partial charge in [0.15, 0.2) is 0 Å². The number of nitrogens with zero attached hydrogens (tertiary/aromatic N) is 1. The molecule has 3 nitrogen and oxygen atoms in total. The summed E-state index contributed by atoms with van der Waals surface area (Å²) >= 11 is 0. The topological polar surface area (TPSA) is 23.4 Å². The first-order valence-electron chi connectivity index (χ1n) is 15.4. The van der Waals surface area contributed by atoms with Crippen molar-refractivity contribution in [2.24, 2.45) is 0 Å². The maximum atomic E-state index is 7.01. The summed E-state index contributed by atoms with van der Waals surface area (Å²) in [5.74, 6) is 3.76. The van der Waals surface area contributed by atoms with Crippen LogP contribution in [0.5, 0.6) is 23.0 Å². The Morgan fingerprint density at radius 2 is 0.955 bits per heavy atom. The second-order valence-electron chi connectivity index (χ2n) is 12.7. The zero-order valence-corrected chi connectivity index (χ0v) is 23.8. The smallest absolute Gasteiger partial charge is 0.257 e. The van der Waals surface area contributed by atoms with Gasteiger partial charge in [-0.2, -0.15) is 0 Å². The molecule has 1 aromatic heterocycles. The van der Waals surface area contributed by atoms with E-state index in [1.54, 1.807) is 0 Å². The van der Waals surface area contributed by atoms with E-state index >= 15 is 0 Å². The largest absolute Gasteiger partial charge is 0.458 e. The summed E-state index contributed by atoms with van der Waals surface area (Å²) in [7, 11) is 0. The minimum Gasteiger partial charge on any atom is -0.458 e. The molecule has 0 N–H and O–H groups in total. The fraction of sp³-hybridized carbons (Fsp3) is 0.0256. The number of aromatic nitrogens is 1. The van der Waals surface area contributed by atoms with Crippen LogP contribution >= 0.6 is 0 Å². The SMILES string of the molecule is Cc1c2c3c4c5c1Oc1ccc6ccccc6c1B5c1cccc5c6cccc(c6n-4c15)B3c1c(ccc3ccccc13)O2. The Balaban J connectivity index is 1.35. The zero-order valence-electron chi connectivity index (χ0n) is 23.8. The first kappa shape index (κ1) is 22.2. The van der Waals surface area contributed by atoms with Crippen molar-refractivity contribution >= 4 is 89.6 Å². The van der Waals surface area contributed by atoms with Crippen LogP contribution in [-0.2, 0) is 0 Å². The number of hydrogen-bond acceptors (Lipinski definition) is 2. The normalized spacial score (nSPS) is 14.3. The highest BCUT2D eigenvalue weighted by Gasteiger charge is 2.50. The Labute approximate surface area is 253 Å². The fourth-order valence-corrected chi connectivity index (χ4v) is 9.22. The van der Waals surface area contributed by atoms with Crippen LogP contribution in [0.2, 0.25) is 0 Å². The molecular weight excluding hydrogens is 536 g/mol. The number of ether oxygens (including phenoxy) is 2. The van der Waals surface area contributed by atoms with Crippen LogP contribution in [0.3, 0.4) is 0 Å². The van der Waals surface area contributed by atoms with Gasteiger partial charge in [0.05, 0.1) is 0 Å². The molecule has 7 aromatic carbocycles. The lowest BCUT2D eigenvalue weighted by atomic mass is 9.29. The lowest BCUT2D eigenvalue weighted by Gasteiger charge is -2.41. The Hall–Kier alpha value is -5.41. The minimum atomic E-state index is 0.0514. The Morgan fingerprint density at radius 1 is 0.477 bits per heavy atom. The van der Waals surface area contributed by atoms with E-state index in [0.717, 1.165) is 28.6 Å². The standard InChI is InChI=1S/C39H21B2NO2/c1-20-38-33-37-34-39(20)44-30-19-17-22-9-3-5-11-24(22)32(30)41(34)28-15-7-13-26-25-12-6-14-27(35(25)42(37)36(26)28)40(33)31-23-10-4-2-8-21(23)16-18-29(31)43-38/h2-19H,1H3. The molecule has 12 rings (SSSR count). The van der Waals surface area contributed by atoms with Gasteiger partial charge in [-0.1, -0.05) is 97.1 Å². The fourth-order valence-electron chi connectivity index (χ4n) is 9.22. The van der Waals surface area contributed by atoms with E-state index in [-0.39, 0.29) is 13.4 Å². The highest BCUT2D eigenvalue weighted by Crippen LogP contribution is 2.45. The van der Waals surface area contributed by atoms with Gasteiger partial charge in [0.2, 0.25) is 0 Å². The van der Waals surface area contributed by atoms with Crippen LogP contribution in [0.4, 0.5) is 0 Å². The first-order valence-corrected chi connectivity index (χ1v) is 15.4. The van der Waals surface area contributed by atoms with Crippen LogP contribution in [0, 0.1) is 6.92 Å². The Bertz CT molecular complexity index is 2530. The van der Waals surface area contributed by atoms with Gasteiger partial charge in [-0.25, -0.2) is 0 Å². The third-order valence-electron chi connectivity index (χ3n) is 10.8. The van der Waals surface area contributed by atoms with Gasteiger partial charge >= 0.3 is 0 Å². The highest BCUT2D eigenvalue weighted by molar-refractivity contribution is 7.04. The number of benzene rings is 7. The highest BCUT2D eigenvalue weighted by atomic mass is 16.5. The maximum Gasteiger partial charge on any atom is 0.257 e. The average Bonchev–Trinajstić information content (AvgIpc) is 3.42. The van der Waals surface area contributed by atoms with E-state index in [1.165, 1.54) is 81.8 Å². The second-order valence-corrected chi connectivity index (χ2v) is 12.7. The van der Waals surface area contributed by atoms with Gasteiger partial charge in [0.1, 0.15) is 23.0 Å². The van der Waals surface area contributed by atoms with Gasteiger partial charge in [-0.3, -0.25) is 0 Å². The van der Waals surface area contributed by atoms with Crippen molar-refractivity contribution < 1.29 is 9.47 Å². The van der Waals surface area contributed by atoms with Crippen LogP contribution in [0.1, 0.15) is 5.56 Å². The molecule has 4 aliphatic rings. The van der Waals surface area contributed by atoms with Gasteiger partial charge < -0.3 is 14.0 Å². The van der Waals surface area contributed by atoms with Crippen molar-refractivity contribution in [3.63, 3.8) is 0 Å². The van der Waals surface area contributed by atoms with Crippen molar-refractivity contribution in [3.8, 4) is 28.7 Å². The number of hydrogen-bond donors (Lipinski definition) is 0. The van der Waals surface area contributed by atoms with Crippen LogP contribution in [0.25, 0.3) is 49.0 Å². The molecule has 4 aliphatic heterocycles. The van der Waals surface area contributed by atoms with Crippen LogP contribution in [-0.4, -0.2) is 18.0 Å². The lowest BCUT2D eigenvalue weighted by Crippen LogP contribution is -2.65. The summed E-state index contributed by atoms with van der Waals surface area (Å²) in [5.41, 5.74) is 12.7. The number of para-hydroxylation sites is 2. The molecular formula is C39H21B2NO2. The molecule has 0 unspecified atom stereocenters. The molecule has 0 saturated heterocycles. The molecule has 44 heavy (non-hydrogen) atoms. The van der Waals surface area contributed by atoms with Crippen molar-refractivity contribution in [1.82, 2.24) is 4.57 Å². The Morgan fingerprint density at radius 3 is 1.48 bits per heavy atom. The summed E-state index contributed by atoms with van der Waals surface area (Å²) < 4.78 is 16.6. The molecule has 5 heterocycles. The van der Waals surface area contributed by atoms with Crippen LogP contribution < -0.4 is 42.3 Å². The molecule has 0 aliphatic carbocycles. The van der Waals surface area contributed by atoms with E-state index in [2.05, 4.69) is 121 Å². The van der Waals surface area contributed by atoms with E-state index in [0.29, 0.717) is 0 Å². The van der Waals surface area contributed by atoms with Gasteiger partial charge in [-0.05, 0) is 73.4 Å². The second kappa shape index (κ2) is 7.20. The number of fused-ring (bicyclic) bond motifs is 11. The predicted molar refractivity (Wildman–Crippen MR) is 183 cm³/mol. The molecule has 0 radical (unpaired) electrons. The molecule has 5 heteroatoms. The first-order chi connectivity index (χ1) is 21.8. The van der Waals surface area contributed by atoms with Gasteiger partial charge in [0, 0.05) is 33.1 Å². The third-order valence-corrected chi connectivity index (χ3v) is 10.8. The minimum absolute atomic E-state index is 0.0514. The maximum absolute atomic E-state index is 7.01. The number of rotatable bonds is 0. The zero-order chi connectivity index (χ0) is 28.4. The molecule has 0 fully saturated rings. The summed E-state index contributed by atoms with van der Waals surface area (Å²) in [6, 6.07) is 40.0. The van der Waals surface area contributed by atoms with E-state index in [9.17, 15) is 0 Å². The Kier molecular flexibility index (Phi) is 3.63.